The Kier molecular flexibility index (Phi) is 3.95. The van der Waals surface area contributed by atoms with Gasteiger partial charge in [0.05, 0.1) is 0 Å². The third-order valence-electron chi connectivity index (χ3n) is 0.808. The molecule has 0 saturated heterocycles. The molecule has 0 aliphatic carbocycles. The molecule has 4 heteroatoms. The van der Waals surface area contributed by atoms with Crippen LogP contribution in [0.25, 0.3) is 0 Å². The molecule has 0 bridgehead atoms. The van der Waals surface area contributed by atoms with Crippen LogP contribution in [0.1, 0.15) is 13.8 Å². The summed E-state index contributed by atoms with van der Waals surface area (Å²) in [6.45, 7) is 3.60. The molecule has 0 saturated carbocycles. The number of nitrogens with one attached hydrogen (secondary N) is 1. The van der Waals surface area contributed by atoms with Crippen LogP contribution in [-0.4, -0.2) is 23.0 Å². The van der Waals surface area contributed by atoms with Crippen molar-refractivity contribution in [2.75, 3.05) is 0 Å². The van der Waals surface area contributed by atoms with Gasteiger partial charge in [0.2, 0.25) is 5.91 Å². The Balaban J connectivity index is 3.78. The largest absolute Gasteiger partial charge is 0.478 e. The molecule has 0 rings (SSSR count). The van der Waals surface area contributed by atoms with Crippen LogP contribution in [0.3, 0.4) is 0 Å². The summed E-state index contributed by atoms with van der Waals surface area (Å²) < 4.78 is 0. The SMILES string of the molecule is CC(C)NC(=O)/C=C/C(=O)O. The molecule has 0 fully saturated rings. The molecular weight excluding hydrogens is 146 g/mol. The first kappa shape index (κ1) is 9.68. The summed E-state index contributed by atoms with van der Waals surface area (Å²) in [6, 6.07) is 0.0287. The molecule has 0 aliphatic heterocycles. The standard InChI is InChI=1S/C7H11NO3/c1-5(2)8-6(9)3-4-7(10)11/h3-5H,1-2H3,(H,8,9)(H,10,11)/b4-3+. The summed E-state index contributed by atoms with van der Waals surface area (Å²) in [5, 5.41) is 10.6. The third kappa shape index (κ3) is 6.57. The topological polar surface area (TPSA) is 66.4 Å². The Morgan fingerprint density at radius 3 is 2.27 bits per heavy atom. The highest BCUT2D eigenvalue weighted by molar-refractivity contribution is 5.93. The lowest BCUT2D eigenvalue weighted by molar-refractivity contribution is -0.131. The monoisotopic (exact) mass is 157 g/mol. The molecule has 0 heterocycles. The quantitative estimate of drug-likeness (QED) is 0.573. The van der Waals surface area contributed by atoms with Crippen molar-refractivity contribution >= 4 is 11.9 Å². The highest BCUT2D eigenvalue weighted by atomic mass is 16.4. The van der Waals surface area contributed by atoms with Gasteiger partial charge >= 0.3 is 5.97 Å². The lowest BCUT2D eigenvalue weighted by Crippen LogP contribution is -2.28. The van der Waals surface area contributed by atoms with Crippen LogP contribution in [-0.2, 0) is 9.59 Å². The van der Waals surface area contributed by atoms with Crippen molar-refractivity contribution in [2.24, 2.45) is 0 Å². The van der Waals surface area contributed by atoms with Crippen LogP contribution >= 0.6 is 0 Å². The number of rotatable bonds is 3. The van der Waals surface area contributed by atoms with Gasteiger partial charge in [-0.1, -0.05) is 0 Å². The highest BCUT2D eigenvalue weighted by Crippen LogP contribution is 1.79. The van der Waals surface area contributed by atoms with E-state index in [0.29, 0.717) is 0 Å². The van der Waals surface area contributed by atoms with Gasteiger partial charge in [-0.05, 0) is 13.8 Å². The van der Waals surface area contributed by atoms with E-state index in [0.717, 1.165) is 12.2 Å². The molecule has 4 nitrogen and oxygen atoms in total. The van der Waals surface area contributed by atoms with E-state index in [1.807, 2.05) is 0 Å². The predicted molar refractivity (Wildman–Crippen MR) is 40.1 cm³/mol. The minimum atomic E-state index is -1.12. The van der Waals surface area contributed by atoms with Crippen molar-refractivity contribution in [2.45, 2.75) is 19.9 Å². The lowest BCUT2D eigenvalue weighted by atomic mass is 10.4. The minimum Gasteiger partial charge on any atom is -0.478 e. The first-order valence-electron chi connectivity index (χ1n) is 3.24. The summed E-state index contributed by atoms with van der Waals surface area (Å²) >= 11 is 0. The highest BCUT2D eigenvalue weighted by Gasteiger charge is 1.97. The van der Waals surface area contributed by atoms with E-state index in [1.165, 1.54) is 0 Å². The fourth-order valence-electron chi connectivity index (χ4n) is 0.480. The molecule has 0 radical (unpaired) electrons. The molecular formula is C7H11NO3. The summed E-state index contributed by atoms with van der Waals surface area (Å²) in [5.74, 6) is -1.51. The Hall–Kier alpha value is -1.32. The molecule has 0 atom stereocenters. The van der Waals surface area contributed by atoms with Crippen LogP contribution in [0.5, 0.6) is 0 Å². The summed E-state index contributed by atoms with van der Waals surface area (Å²) in [7, 11) is 0. The second-order valence-corrected chi connectivity index (χ2v) is 2.33. The summed E-state index contributed by atoms with van der Waals surface area (Å²) in [4.78, 5) is 20.6. The fourth-order valence-corrected chi connectivity index (χ4v) is 0.480. The van der Waals surface area contributed by atoms with Gasteiger partial charge in [-0.3, -0.25) is 4.79 Å². The van der Waals surface area contributed by atoms with Gasteiger partial charge in [0.1, 0.15) is 0 Å². The molecule has 0 aliphatic rings. The van der Waals surface area contributed by atoms with Crippen molar-refractivity contribution in [3.05, 3.63) is 12.2 Å². The number of carboxylic acids is 1. The zero-order valence-electron chi connectivity index (χ0n) is 6.50. The molecule has 0 unspecified atom stereocenters. The van der Waals surface area contributed by atoms with Crippen LogP contribution in [0.2, 0.25) is 0 Å². The third-order valence-corrected chi connectivity index (χ3v) is 0.808. The molecule has 62 valence electrons. The van der Waals surface area contributed by atoms with Crippen molar-refractivity contribution in [3.8, 4) is 0 Å². The van der Waals surface area contributed by atoms with Crippen LogP contribution in [0.4, 0.5) is 0 Å². The maximum absolute atomic E-state index is 10.7. The van der Waals surface area contributed by atoms with Crippen molar-refractivity contribution in [1.82, 2.24) is 5.32 Å². The second kappa shape index (κ2) is 4.49. The van der Waals surface area contributed by atoms with E-state index in [2.05, 4.69) is 5.32 Å². The Morgan fingerprint density at radius 1 is 1.36 bits per heavy atom. The van der Waals surface area contributed by atoms with E-state index >= 15 is 0 Å². The molecule has 1 amide bonds. The van der Waals surface area contributed by atoms with Crippen molar-refractivity contribution in [1.29, 1.82) is 0 Å². The van der Waals surface area contributed by atoms with Gasteiger partial charge in [-0.25, -0.2) is 4.79 Å². The second-order valence-electron chi connectivity index (χ2n) is 2.33. The van der Waals surface area contributed by atoms with Gasteiger partial charge in [-0.15, -0.1) is 0 Å². The number of carbonyl (C=O) groups is 2. The van der Waals surface area contributed by atoms with E-state index in [4.69, 9.17) is 5.11 Å². The number of carboxylic acid groups (broad SMARTS) is 1. The molecule has 0 aromatic rings. The van der Waals surface area contributed by atoms with E-state index in [-0.39, 0.29) is 11.9 Å². The zero-order valence-corrected chi connectivity index (χ0v) is 6.50. The Labute approximate surface area is 64.9 Å². The normalized spacial score (nSPS) is 10.5. The van der Waals surface area contributed by atoms with Gasteiger partial charge < -0.3 is 10.4 Å². The molecule has 0 aromatic heterocycles. The number of hydrogen-bond acceptors (Lipinski definition) is 2. The van der Waals surface area contributed by atoms with Gasteiger partial charge in [0, 0.05) is 18.2 Å². The van der Waals surface area contributed by atoms with Crippen LogP contribution < -0.4 is 5.32 Å². The van der Waals surface area contributed by atoms with Crippen LogP contribution in [0, 0.1) is 0 Å². The number of hydrogen-bond donors (Lipinski definition) is 2. The molecule has 2 N–H and O–H groups in total. The summed E-state index contributed by atoms with van der Waals surface area (Å²) in [6.07, 6.45) is 1.79. The average Bonchev–Trinajstić information content (AvgIpc) is 1.82. The molecule has 0 aromatic carbocycles. The fraction of sp³-hybridized carbons (Fsp3) is 0.429. The lowest BCUT2D eigenvalue weighted by Gasteiger charge is -2.03. The van der Waals surface area contributed by atoms with E-state index in [9.17, 15) is 9.59 Å². The first-order chi connectivity index (χ1) is 5.02. The van der Waals surface area contributed by atoms with E-state index in [1.54, 1.807) is 13.8 Å². The minimum absolute atomic E-state index is 0.0287. The Morgan fingerprint density at radius 2 is 1.91 bits per heavy atom. The maximum atomic E-state index is 10.7. The van der Waals surface area contributed by atoms with Crippen molar-refractivity contribution < 1.29 is 14.7 Å². The van der Waals surface area contributed by atoms with Gasteiger partial charge in [0.15, 0.2) is 0 Å². The summed E-state index contributed by atoms with van der Waals surface area (Å²) in [5.41, 5.74) is 0. The number of carbonyl (C=O) groups excluding carboxylic acids is 1. The van der Waals surface area contributed by atoms with Gasteiger partial charge in [-0.2, -0.15) is 0 Å². The van der Waals surface area contributed by atoms with Gasteiger partial charge in [0.25, 0.3) is 0 Å². The average molecular weight is 157 g/mol. The van der Waals surface area contributed by atoms with E-state index < -0.39 is 5.97 Å². The number of amides is 1. The maximum Gasteiger partial charge on any atom is 0.328 e. The molecule has 11 heavy (non-hydrogen) atoms. The van der Waals surface area contributed by atoms with Crippen LogP contribution in [0.15, 0.2) is 12.2 Å². The first-order valence-corrected chi connectivity index (χ1v) is 3.24. The predicted octanol–water partition coefficient (Wildman–Crippen LogP) is 0.152. The Bertz CT molecular complexity index is 184. The number of aliphatic carboxylic acids is 1. The van der Waals surface area contributed by atoms with Crippen molar-refractivity contribution in [3.63, 3.8) is 0 Å². The molecule has 0 spiro atoms. The smallest absolute Gasteiger partial charge is 0.328 e. The zero-order chi connectivity index (χ0) is 8.85.